The predicted octanol–water partition coefficient (Wildman–Crippen LogP) is 3.74. The normalized spacial score (nSPS) is 11.5. The number of aromatic nitrogens is 2. The van der Waals surface area contributed by atoms with Gasteiger partial charge in [-0.25, -0.2) is 4.98 Å². The maximum Gasteiger partial charge on any atom is 0.449 e. The van der Waals surface area contributed by atoms with Crippen LogP contribution in [-0.4, -0.2) is 20.8 Å². The van der Waals surface area contributed by atoms with E-state index >= 15 is 0 Å². The predicted molar refractivity (Wildman–Crippen MR) is 82.1 cm³/mol. The van der Waals surface area contributed by atoms with Crippen LogP contribution in [0.5, 0.6) is 0 Å². The number of anilines is 1. The van der Waals surface area contributed by atoms with Crippen LogP contribution in [0.25, 0.3) is 11.0 Å². The molecule has 0 radical (unpaired) electrons. The molecule has 2 N–H and O–H groups in total. The third-order valence-electron chi connectivity index (χ3n) is 3.37. The highest BCUT2D eigenvalue weighted by Gasteiger charge is 2.35. The molecule has 0 atom stereocenters. The minimum absolute atomic E-state index is 0.0370. The Labute approximate surface area is 137 Å². The molecule has 128 valence electrons. The van der Waals surface area contributed by atoms with Gasteiger partial charge in [0.2, 0.25) is 5.82 Å². The Kier molecular flexibility index (Phi) is 3.87. The fourth-order valence-corrected chi connectivity index (χ4v) is 2.20. The van der Waals surface area contributed by atoms with Gasteiger partial charge in [-0.05, 0) is 24.3 Å². The smallest absolute Gasteiger partial charge is 0.334 e. The number of nitrogens with zero attached hydrogens (tertiary/aromatic N) is 2. The Balaban J connectivity index is 1.90. The van der Waals surface area contributed by atoms with Crippen LogP contribution in [0.2, 0.25) is 0 Å². The van der Waals surface area contributed by atoms with Gasteiger partial charge in [0, 0.05) is 17.7 Å². The second kappa shape index (κ2) is 5.89. The van der Waals surface area contributed by atoms with Gasteiger partial charge in [-0.1, -0.05) is 6.07 Å². The fourth-order valence-electron chi connectivity index (χ4n) is 2.20. The molecular formula is C15H9F3N4O3. The number of hydrogen-bond donors (Lipinski definition) is 2. The molecule has 0 aliphatic carbocycles. The van der Waals surface area contributed by atoms with E-state index in [1.807, 2.05) is 0 Å². The number of non-ortho nitro benzene ring substituents is 1. The highest BCUT2D eigenvalue weighted by Crippen LogP contribution is 2.31. The molecule has 2 aromatic carbocycles. The van der Waals surface area contributed by atoms with Gasteiger partial charge in [-0.15, -0.1) is 0 Å². The zero-order valence-corrected chi connectivity index (χ0v) is 12.3. The van der Waals surface area contributed by atoms with Crippen molar-refractivity contribution in [3.63, 3.8) is 0 Å². The monoisotopic (exact) mass is 350 g/mol. The topological polar surface area (TPSA) is 101 Å². The van der Waals surface area contributed by atoms with Crippen molar-refractivity contribution in [3.8, 4) is 0 Å². The van der Waals surface area contributed by atoms with Gasteiger partial charge in [0.15, 0.2) is 0 Å². The minimum Gasteiger partial charge on any atom is -0.334 e. The molecule has 0 fully saturated rings. The number of benzene rings is 2. The van der Waals surface area contributed by atoms with Crippen molar-refractivity contribution < 1.29 is 22.9 Å². The molecule has 0 saturated carbocycles. The molecule has 0 aliphatic rings. The number of imidazole rings is 1. The van der Waals surface area contributed by atoms with Gasteiger partial charge in [-0.2, -0.15) is 13.2 Å². The minimum atomic E-state index is -4.64. The van der Waals surface area contributed by atoms with Gasteiger partial charge in [-0.3, -0.25) is 14.9 Å². The van der Waals surface area contributed by atoms with Crippen molar-refractivity contribution >= 4 is 28.3 Å². The highest BCUT2D eigenvalue weighted by atomic mass is 19.4. The van der Waals surface area contributed by atoms with E-state index in [2.05, 4.69) is 15.3 Å². The number of nitro benzene ring substituents is 1. The number of alkyl halides is 3. The van der Waals surface area contributed by atoms with E-state index in [0.717, 1.165) is 12.1 Å². The van der Waals surface area contributed by atoms with E-state index in [0.29, 0.717) is 0 Å². The lowest BCUT2D eigenvalue weighted by atomic mass is 10.2. The zero-order chi connectivity index (χ0) is 18.2. The Bertz CT molecular complexity index is 964. The summed E-state index contributed by atoms with van der Waals surface area (Å²) in [7, 11) is 0. The van der Waals surface area contributed by atoms with Crippen molar-refractivity contribution in [2.75, 3.05) is 5.32 Å². The van der Waals surface area contributed by atoms with Gasteiger partial charge in [0.1, 0.15) is 5.52 Å². The summed E-state index contributed by atoms with van der Waals surface area (Å²) in [6.45, 7) is 0. The first-order chi connectivity index (χ1) is 11.8. The van der Waals surface area contributed by atoms with Crippen molar-refractivity contribution in [3.05, 3.63) is 64.0 Å². The number of aromatic amines is 1. The van der Waals surface area contributed by atoms with Gasteiger partial charge in [0.05, 0.1) is 16.1 Å². The molecule has 0 spiro atoms. The second-order valence-corrected chi connectivity index (χ2v) is 5.04. The van der Waals surface area contributed by atoms with Crippen molar-refractivity contribution in [2.24, 2.45) is 0 Å². The summed E-state index contributed by atoms with van der Waals surface area (Å²) in [5.41, 5.74) is 0.112. The summed E-state index contributed by atoms with van der Waals surface area (Å²) in [6, 6.07) is 9.09. The Morgan fingerprint density at radius 3 is 2.44 bits per heavy atom. The molecule has 0 bridgehead atoms. The standard InChI is InChI=1S/C15H9F3N4O3/c16-15(17,18)14-20-11-3-1-2-10(12(11)21-14)19-13(23)8-4-6-9(7-5-8)22(24)25/h1-7H,(H,19,23)(H,20,21). The van der Waals surface area contributed by atoms with Crippen molar-refractivity contribution in [1.82, 2.24) is 9.97 Å². The Morgan fingerprint density at radius 1 is 1.16 bits per heavy atom. The molecule has 7 nitrogen and oxygen atoms in total. The van der Waals surface area contributed by atoms with Crippen LogP contribution in [0.1, 0.15) is 16.2 Å². The number of hydrogen-bond acceptors (Lipinski definition) is 4. The maximum absolute atomic E-state index is 12.8. The molecule has 1 heterocycles. The molecule has 25 heavy (non-hydrogen) atoms. The average molecular weight is 350 g/mol. The largest absolute Gasteiger partial charge is 0.449 e. The van der Waals surface area contributed by atoms with E-state index in [4.69, 9.17) is 0 Å². The number of fused-ring (bicyclic) bond motifs is 1. The summed E-state index contributed by atoms with van der Waals surface area (Å²) in [6.07, 6.45) is -4.64. The molecule has 0 aliphatic heterocycles. The van der Waals surface area contributed by atoms with E-state index < -0.39 is 22.8 Å². The lowest BCUT2D eigenvalue weighted by molar-refractivity contribution is -0.384. The lowest BCUT2D eigenvalue weighted by Gasteiger charge is -2.05. The average Bonchev–Trinajstić information content (AvgIpc) is 3.00. The van der Waals surface area contributed by atoms with E-state index in [1.54, 1.807) is 0 Å². The van der Waals surface area contributed by atoms with E-state index in [1.165, 1.54) is 30.3 Å². The van der Waals surface area contributed by atoms with Gasteiger partial charge >= 0.3 is 6.18 Å². The molecule has 3 aromatic rings. The van der Waals surface area contributed by atoms with Crippen LogP contribution in [-0.2, 0) is 6.18 Å². The summed E-state index contributed by atoms with van der Waals surface area (Å²) in [4.78, 5) is 27.8. The second-order valence-electron chi connectivity index (χ2n) is 5.04. The van der Waals surface area contributed by atoms with Gasteiger partial charge in [0.25, 0.3) is 11.6 Å². The summed E-state index contributed by atoms with van der Waals surface area (Å²) in [5.74, 6) is -1.79. The van der Waals surface area contributed by atoms with Crippen LogP contribution < -0.4 is 5.32 Å². The third-order valence-corrected chi connectivity index (χ3v) is 3.37. The van der Waals surface area contributed by atoms with Crippen LogP contribution in [0.4, 0.5) is 24.5 Å². The number of carbonyl (C=O) groups is 1. The molecule has 0 saturated heterocycles. The molecular weight excluding hydrogens is 341 g/mol. The quantitative estimate of drug-likeness (QED) is 0.555. The number of nitrogens with one attached hydrogen (secondary N) is 2. The number of halogens is 3. The first-order valence-corrected chi connectivity index (χ1v) is 6.87. The summed E-state index contributed by atoms with van der Waals surface area (Å²) >= 11 is 0. The maximum atomic E-state index is 12.8. The first-order valence-electron chi connectivity index (χ1n) is 6.87. The fraction of sp³-hybridized carbons (Fsp3) is 0.0667. The summed E-state index contributed by atoms with van der Waals surface area (Å²) in [5, 5.41) is 13.1. The molecule has 0 unspecified atom stereocenters. The molecule has 3 rings (SSSR count). The first kappa shape index (κ1) is 16.4. The van der Waals surface area contributed by atoms with E-state index in [9.17, 15) is 28.1 Å². The van der Waals surface area contributed by atoms with Gasteiger partial charge < -0.3 is 10.3 Å². The number of rotatable bonds is 3. The zero-order valence-electron chi connectivity index (χ0n) is 12.3. The SMILES string of the molecule is O=C(Nc1cccc2[nH]c(C(F)(F)F)nc12)c1ccc([N+](=O)[O-])cc1. The number of amides is 1. The number of para-hydroxylation sites is 1. The number of H-pyrrole nitrogens is 1. The van der Waals surface area contributed by atoms with Crippen LogP contribution in [0, 0.1) is 10.1 Å². The van der Waals surface area contributed by atoms with Crippen LogP contribution >= 0.6 is 0 Å². The highest BCUT2D eigenvalue weighted by molar-refractivity contribution is 6.08. The number of nitro groups is 1. The van der Waals surface area contributed by atoms with Crippen molar-refractivity contribution in [2.45, 2.75) is 6.18 Å². The summed E-state index contributed by atoms with van der Waals surface area (Å²) < 4.78 is 38.3. The van der Waals surface area contributed by atoms with Crippen LogP contribution in [0.3, 0.4) is 0 Å². The van der Waals surface area contributed by atoms with E-state index in [-0.39, 0.29) is 28.0 Å². The molecule has 10 heteroatoms. The molecule has 1 aromatic heterocycles. The van der Waals surface area contributed by atoms with Crippen LogP contribution in [0.15, 0.2) is 42.5 Å². The third kappa shape index (κ3) is 3.27. The molecule has 1 amide bonds. The Hall–Kier alpha value is -3.43. The number of carbonyl (C=O) groups excluding carboxylic acids is 1. The lowest BCUT2D eigenvalue weighted by Crippen LogP contribution is -2.12. The Morgan fingerprint density at radius 2 is 1.84 bits per heavy atom. The van der Waals surface area contributed by atoms with Crippen molar-refractivity contribution in [1.29, 1.82) is 0 Å².